The maximum atomic E-state index is 5.67. The number of halogens is 1. The van der Waals surface area contributed by atoms with Gasteiger partial charge in [-0.3, -0.25) is 0 Å². The molecule has 0 radical (unpaired) electrons. The number of nitrogens with zero attached hydrogens (tertiary/aromatic N) is 2. The third kappa shape index (κ3) is 2.49. The molecular weight excluding hydrogens is 256 g/mol. The van der Waals surface area contributed by atoms with E-state index in [1.54, 1.807) is 0 Å². The van der Waals surface area contributed by atoms with Gasteiger partial charge in [-0.2, -0.15) is 0 Å². The summed E-state index contributed by atoms with van der Waals surface area (Å²) in [6.07, 6.45) is 2.10. The van der Waals surface area contributed by atoms with Crippen LogP contribution in [-0.4, -0.2) is 35.6 Å². The minimum atomic E-state index is 0.267. The number of ether oxygens (including phenoxy) is 1. The molecule has 0 N–H and O–H groups in total. The summed E-state index contributed by atoms with van der Waals surface area (Å²) in [4.78, 5) is 6.68. The summed E-state index contributed by atoms with van der Waals surface area (Å²) in [6, 6.07) is 6.41. The first-order chi connectivity index (χ1) is 7.31. The number of alkyl halides is 1. The molecular formula is C11H15BrN2O. The van der Waals surface area contributed by atoms with Crippen LogP contribution in [0.5, 0.6) is 0 Å². The van der Waals surface area contributed by atoms with Crippen LogP contribution in [0.2, 0.25) is 0 Å². The fourth-order valence-electron chi connectivity index (χ4n) is 1.75. The molecule has 0 saturated carbocycles. The van der Waals surface area contributed by atoms with Gasteiger partial charge in [-0.15, -0.1) is 0 Å². The third-order valence-corrected chi connectivity index (χ3v) is 3.34. The van der Waals surface area contributed by atoms with Crippen LogP contribution in [0.25, 0.3) is 0 Å². The van der Waals surface area contributed by atoms with E-state index in [2.05, 4.69) is 32.7 Å². The van der Waals surface area contributed by atoms with Crippen molar-refractivity contribution >= 4 is 21.7 Å². The van der Waals surface area contributed by atoms with Crippen molar-refractivity contribution in [1.29, 1.82) is 0 Å². The normalized spacial score (nSPS) is 26.7. The van der Waals surface area contributed by atoms with E-state index < -0.39 is 0 Å². The summed E-state index contributed by atoms with van der Waals surface area (Å²) in [5.41, 5.74) is 0. The molecule has 2 unspecified atom stereocenters. The molecule has 1 aromatic heterocycles. The van der Waals surface area contributed by atoms with E-state index >= 15 is 0 Å². The van der Waals surface area contributed by atoms with Gasteiger partial charge < -0.3 is 9.64 Å². The number of pyridine rings is 1. The predicted molar refractivity (Wildman–Crippen MR) is 64.6 cm³/mol. The van der Waals surface area contributed by atoms with Gasteiger partial charge in [0.25, 0.3) is 0 Å². The van der Waals surface area contributed by atoms with E-state index in [9.17, 15) is 0 Å². The lowest BCUT2D eigenvalue weighted by Gasteiger charge is -2.38. The third-order valence-electron chi connectivity index (χ3n) is 2.62. The van der Waals surface area contributed by atoms with Gasteiger partial charge in [0.05, 0.1) is 18.8 Å². The number of hydrogen-bond acceptors (Lipinski definition) is 3. The lowest BCUT2D eigenvalue weighted by atomic mass is 10.2. The second-order valence-electron chi connectivity index (χ2n) is 3.80. The molecule has 0 amide bonds. The Kier molecular flexibility index (Phi) is 3.59. The zero-order valence-corrected chi connectivity index (χ0v) is 10.4. The second kappa shape index (κ2) is 4.94. The molecule has 0 aromatic carbocycles. The summed E-state index contributed by atoms with van der Waals surface area (Å²) >= 11 is 3.46. The second-order valence-corrected chi connectivity index (χ2v) is 4.45. The molecule has 2 atom stereocenters. The predicted octanol–water partition coefficient (Wildman–Crippen LogP) is 2.07. The van der Waals surface area contributed by atoms with Crippen LogP contribution in [0.4, 0.5) is 5.82 Å². The lowest BCUT2D eigenvalue weighted by molar-refractivity contribution is 0.0376. The summed E-state index contributed by atoms with van der Waals surface area (Å²) < 4.78 is 5.67. The summed E-state index contributed by atoms with van der Waals surface area (Å²) in [5.74, 6) is 1.04. The minimum absolute atomic E-state index is 0.267. The number of hydrogen-bond donors (Lipinski definition) is 0. The lowest BCUT2D eigenvalue weighted by Crippen LogP contribution is -2.49. The molecule has 2 heterocycles. The zero-order chi connectivity index (χ0) is 10.7. The Morgan fingerprint density at radius 3 is 3.13 bits per heavy atom. The molecule has 2 rings (SSSR count). The molecule has 0 aliphatic carbocycles. The van der Waals surface area contributed by atoms with Crippen LogP contribution in [0.3, 0.4) is 0 Å². The molecule has 82 valence electrons. The highest BCUT2D eigenvalue weighted by molar-refractivity contribution is 9.09. The summed E-state index contributed by atoms with van der Waals surface area (Å²) in [5, 5.41) is 0.878. The fourth-order valence-corrected chi connectivity index (χ4v) is 2.15. The molecule has 0 bridgehead atoms. The topological polar surface area (TPSA) is 25.4 Å². The van der Waals surface area contributed by atoms with E-state index in [-0.39, 0.29) is 6.10 Å². The molecule has 1 aliphatic rings. The Labute approximate surface area is 98.6 Å². The van der Waals surface area contributed by atoms with Gasteiger partial charge in [0.15, 0.2) is 0 Å². The first-order valence-electron chi connectivity index (χ1n) is 5.16. The Balaban J connectivity index is 2.13. The smallest absolute Gasteiger partial charge is 0.128 e. The monoisotopic (exact) mass is 270 g/mol. The Bertz CT molecular complexity index is 307. The average molecular weight is 271 g/mol. The van der Waals surface area contributed by atoms with Gasteiger partial charge in [0, 0.05) is 18.1 Å². The largest absolute Gasteiger partial charge is 0.373 e. The SMILES string of the molecule is CC1COC(CBr)CN1c1ccccn1. The van der Waals surface area contributed by atoms with Gasteiger partial charge in [-0.05, 0) is 19.1 Å². The van der Waals surface area contributed by atoms with Crippen LogP contribution in [-0.2, 0) is 4.74 Å². The standard InChI is InChI=1S/C11H15BrN2O/c1-9-8-15-10(6-12)7-14(9)11-4-2-3-5-13-11/h2-5,9-10H,6-8H2,1H3. The van der Waals surface area contributed by atoms with Gasteiger partial charge in [-0.25, -0.2) is 4.98 Å². The van der Waals surface area contributed by atoms with Crippen LogP contribution in [0.1, 0.15) is 6.92 Å². The van der Waals surface area contributed by atoms with Gasteiger partial charge in [-0.1, -0.05) is 22.0 Å². The van der Waals surface area contributed by atoms with Crippen molar-refractivity contribution in [2.75, 3.05) is 23.4 Å². The van der Waals surface area contributed by atoms with Crippen molar-refractivity contribution in [2.45, 2.75) is 19.1 Å². The maximum absolute atomic E-state index is 5.67. The molecule has 3 nitrogen and oxygen atoms in total. The van der Waals surface area contributed by atoms with E-state index in [1.807, 2.05) is 24.4 Å². The molecule has 1 aliphatic heterocycles. The Morgan fingerprint density at radius 1 is 1.60 bits per heavy atom. The number of morpholine rings is 1. The zero-order valence-electron chi connectivity index (χ0n) is 8.77. The summed E-state index contributed by atoms with van der Waals surface area (Å²) in [7, 11) is 0. The minimum Gasteiger partial charge on any atom is -0.373 e. The Morgan fingerprint density at radius 2 is 2.47 bits per heavy atom. The van der Waals surface area contributed by atoms with Crippen molar-refractivity contribution in [1.82, 2.24) is 4.98 Å². The quantitative estimate of drug-likeness (QED) is 0.770. The number of anilines is 1. The average Bonchev–Trinajstić information content (AvgIpc) is 2.31. The molecule has 15 heavy (non-hydrogen) atoms. The summed E-state index contributed by atoms with van der Waals surface area (Å²) in [6.45, 7) is 3.84. The highest BCUT2D eigenvalue weighted by atomic mass is 79.9. The van der Waals surface area contributed by atoms with Crippen molar-refractivity contribution in [2.24, 2.45) is 0 Å². The van der Waals surface area contributed by atoms with Crippen LogP contribution >= 0.6 is 15.9 Å². The molecule has 0 spiro atoms. The van der Waals surface area contributed by atoms with E-state index in [0.717, 1.165) is 24.3 Å². The van der Waals surface area contributed by atoms with Crippen LogP contribution in [0, 0.1) is 0 Å². The highest BCUT2D eigenvalue weighted by Gasteiger charge is 2.25. The molecule has 4 heteroatoms. The first-order valence-corrected chi connectivity index (χ1v) is 6.28. The van der Waals surface area contributed by atoms with Gasteiger partial charge in [0.2, 0.25) is 0 Å². The highest BCUT2D eigenvalue weighted by Crippen LogP contribution is 2.19. The van der Waals surface area contributed by atoms with Crippen molar-refractivity contribution in [3.8, 4) is 0 Å². The van der Waals surface area contributed by atoms with Crippen molar-refractivity contribution < 1.29 is 4.74 Å². The van der Waals surface area contributed by atoms with E-state index in [1.165, 1.54) is 0 Å². The number of aromatic nitrogens is 1. The van der Waals surface area contributed by atoms with E-state index in [0.29, 0.717) is 6.04 Å². The molecule has 1 aromatic rings. The molecule has 1 saturated heterocycles. The van der Waals surface area contributed by atoms with E-state index in [4.69, 9.17) is 4.74 Å². The number of rotatable bonds is 2. The van der Waals surface area contributed by atoms with Crippen LogP contribution in [0.15, 0.2) is 24.4 Å². The van der Waals surface area contributed by atoms with Crippen LogP contribution < -0.4 is 4.90 Å². The Hall–Kier alpha value is -0.610. The van der Waals surface area contributed by atoms with Gasteiger partial charge in [0.1, 0.15) is 5.82 Å². The maximum Gasteiger partial charge on any atom is 0.128 e. The van der Waals surface area contributed by atoms with Crippen molar-refractivity contribution in [3.05, 3.63) is 24.4 Å². The molecule has 1 fully saturated rings. The fraction of sp³-hybridized carbons (Fsp3) is 0.545. The first kappa shape index (κ1) is 10.9. The van der Waals surface area contributed by atoms with Gasteiger partial charge >= 0.3 is 0 Å². The van der Waals surface area contributed by atoms with Crippen molar-refractivity contribution in [3.63, 3.8) is 0 Å².